The highest BCUT2D eigenvalue weighted by Crippen LogP contribution is 2.39. The van der Waals surface area contributed by atoms with Crippen molar-refractivity contribution in [1.82, 2.24) is 5.32 Å². The Kier molecular flexibility index (Phi) is 3.69. The first-order valence-electron chi connectivity index (χ1n) is 7.67. The summed E-state index contributed by atoms with van der Waals surface area (Å²) in [6.07, 6.45) is 8.27. The number of benzene rings is 1. The van der Waals surface area contributed by atoms with Crippen LogP contribution in [0, 0.1) is 5.92 Å². The summed E-state index contributed by atoms with van der Waals surface area (Å²) in [7, 11) is 0. The Balaban J connectivity index is 1.82. The molecule has 1 aliphatic carbocycles. The molecule has 1 aromatic carbocycles. The molecular weight excluding hydrogens is 218 g/mol. The molecule has 1 unspecified atom stereocenters. The minimum Gasteiger partial charge on any atom is -0.310 e. The molecule has 0 amide bonds. The highest BCUT2D eigenvalue weighted by Gasteiger charge is 2.25. The van der Waals surface area contributed by atoms with Crippen LogP contribution in [0.4, 0.5) is 0 Å². The summed E-state index contributed by atoms with van der Waals surface area (Å²) in [5.74, 6) is 1.76. The van der Waals surface area contributed by atoms with E-state index in [0.29, 0.717) is 6.04 Å². The van der Waals surface area contributed by atoms with E-state index in [1.165, 1.54) is 45.1 Å². The van der Waals surface area contributed by atoms with Gasteiger partial charge >= 0.3 is 0 Å². The van der Waals surface area contributed by atoms with Crippen molar-refractivity contribution in [3.05, 3.63) is 35.4 Å². The van der Waals surface area contributed by atoms with E-state index in [2.05, 4.69) is 36.5 Å². The molecule has 0 bridgehead atoms. The van der Waals surface area contributed by atoms with Gasteiger partial charge in [-0.05, 0) is 55.2 Å². The molecule has 1 heteroatoms. The van der Waals surface area contributed by atoms with Gasteiger partial charge in [0.2, 0.25) is 0 Å². The van der Waals surface area contributed by atoms with Gasteiger partial charge in [0.05, 0.1) is 0 Å². The lowest BCUT2D eigenvalue weighted by molar-refractivity contribution is 0.346. The monoisotopic (exact) mass is 243 g/mol. The van der Waals surface area contributed by atoms with Crippen molar-refractivity contribution in [1.29, 1.82) is 0 Å². The van der Waals surface area contributed by atoms with Crippen LogP contribution < -0.4 is 5.32 Å². The minimum atomic E-state index is 0.626. The summed E-state index contributed by atoms with van der Waals surface area (Å²) in [6.45, 7) is 3.60. The molecular formula is C17H25N. The molecule has 1 heterocycles. The zero-order valence-electron chi connectivity index (χ0n) is 11.5. The lowest BCUT2D eigenvalue weighted by atomic mass is 9.77. The van der Waals surface area contributed by atoms with E-state index in [9.17, 15) is 0 Å². The molecule has 0 spiro atoms. The fourth-order valence-corrected chi connectivity index (χ4v) is 3.72. The second-order valence-electron chi connectivity index (χ2n) is 6.23. The van der Waals surface area contributed by atoms with Gasteiger partial charge in [0.15, 0.2) is 0 Å². The molecule has 2 fully saturated rings. The summed E-state index contributed by atoms with van der Waals surface area (Å²) in [5, 5.41) is 3.66. The van der Waals surface area contributed by atoms with Gasteiger partial charge in [0.25, 0.3) is 0 Å². The first-order valence-corrected chi connectivity index (χ1v) is 7.67. The standard InChI is InChI=1S/C17H25N/c1-13-8-10-14(11-9-13)15-5-2-3-6-16(15)17-7-4-12-18-17/h2-3,5-6,13-14,17-18H,4,7-12H2,1H3. The van der Waals surface area contributed by atoms with Gasteiger partial charge in [-0.15, -0.1) is 0 Å². The van der Waals surface area contributed by atoms with Crippen LogP contribution in [-0.2, 0) is 0 Å². The van der Waals surface area contributed by atoms with Gasteiger partial charge in [0.1, 0.15) is 0 Å². The molecule has 18 heavy (non-hydrogen) atoms. The van der Waals surface area contributed by atoms with Crippen molar-refractivity contribution < 1.29 is 0 Å². The highest BCUT2D eigenvalue weighted by atomic mass is 14.9. The van der Waals surface area contributed by atoms with Crippen LogP contribution in [0.3, 0.4) is 0 Å². The molecule has 1 nitrogen and oxygen atoms in total. The molecule has 3 rings (SSSR count). The van der Waals surface area contributed by atoms with E-state index in [4.69, 9.17) is 0 Å². The normalized spacial score (nSPS) is 32.6. The van der Waals surface area contributed by atoms with Crippen molar-refractivity contribution in [3.8, 4) is 0 Å². The second kappa shape index (κ2) is 5.44. The zero-order valence-corrected chi connectivity index (χ0v) is 11.5. The van der Waals surface area contributed by atoms with Crippen molar-refractivity contribution >= 4 is 0 Å². The maximum absolute atomic E-state index is 3.66. The lowest BCUT2D eigenvalue weighted by Gasteiger charge is -2.29. The summed E-state index contributed by atoms with van der Waals surface area (Å²) in [5.41, 5.74) is 3.23. The molecule has 1 aliphatic heterocycles. The van der Waals surface area contributed by atoms with Crippen LogP contribution >= 0.6 is 0 Å². The summed E-state index contributed by atoms with van der Waals surface area (Å²) < 4.78 is 0. The Labute approximate surface area is 111 Å². The molecule has 1 saturated heterocycles. The van der Waals surface area contributed by atoms with E-state index in [0.717, 1.165) is 11.8 Å². The first-order chi connectivity index (χ1) is 8.84. The largest absolute Gasteiger partial charge is 0.310 e. The molecule has 2 aliphatic rings. The van der Waals surface area contributed by atoms with Crippen molar-refractivity contribution in [2.45, 2.75) is 57.4 Å². The Hall–Kier alpha value is -0.820. The lowest BCUT2D eigenvalue weighted by Crippen LogP contribution is -2.18. The molecule has 0 aromatic heterocycles. The maximum atomic E-state index is 3.66. The van der Waals surface area contributed by atoms with Crippen molar-refractivity contribution in [2.75, 3.05) is 6.54 Å². The Bertz CT molecular complexity index is 384. The zero-order chi connectivity index (χ0) is 12.4. The smallest absolute Gasteiger partial charge is 0.0323 e. The SMILES string of the molecule is CC1CCC(c2ccccc2C2CCCN2)CC1. The maximum Gasteiger partial charge on any atom is 0.0323 e. The Morgan fingerprint density at radius 1 is 0.944 bits per heavy atom. The van der Waals surface area contributed by atoms with Crippen LogP contribution in [-0.4, -0.2) is 6.54 Å². The van der Waals surface area contributed by atoms with Gasteiger partial charge in [-0.1, -0.05) is 44.0 Å². The summed E-state index contributed by atoms with van der Waals surface area (Å²) in [4.78, 5) is 0. The Morgan fingerprint density at radius 3 is 2.33 bits per heavy atom. The highest BCUT2D eigenvalue weighted by molar-refractivity contribution is 5.34. The van der Waals surface area contributed by atoms with Gasteiger partial charge in [-0.3, -0.25) is 0 Å². The van der Waals surface area contributed by atoms with Crippen molar-refractivity contribution in [2.24, 2.45) is 5.92 Å². The second-order valence-corrected chi connectivity index (χ2v) is 6.23. The van der Waals surface area contributed by atoms with Gasteiger partial charge in [-0.2, -0.15) is 0 Å². The van der Waals surface area contributed by atoms with E-state index in [1.54, 1.807) is 11.1 Å². The Morgan fingerprint density at radius 2 is 1.67 bits per heavy atom. The number of rotatable bonds is 2. The van der Waals surface area contributed by atoms with Crippen LogP contribution in [0.1, 0.15) is 68.5 Å². The van der Waals surface area contributed by atoms with Crippen LogP contribution in [0.25, 0.3) is 0 Å². The van der Waals surface area contributed by atoms with Crippen molar-refractivity contribution in [3.63, 3.8) is 0 Å². The summed E-state index contributed by atoms with van der Waals surface area (Å²) >= 11 is 0. The third-order valence-corrected chi connectivity index (χ3v) is 4.89. The van der Waals surface area contributed by atoms with Crippen LogP contribution in [0.15, 0.2) is 24.3 Å². The first kappa shape index (κ1) is 12.2. The van der Waals surface area contributed by atoms with Crippen LogP contribution in [0.2, 0.25) is 0 Å². The molecule has 1 N–H and O–H groups in total. The fraction of sp³-hybridized carbons (Fsp3) is 0.647. The van der Waals surface area contributed by atoms with Gasteiger partial charge in [-0.25, -0.2) is 0 Å². The average molecular weight is 243 g/mol. The van der Waals surface area contributed by atoms with Gasteiger partial charge in [0, 0.05) is 6.04 Å². The minimum absolute atomic E-state index is 0.626. The molecule has 1 aromatic rings. The van der Waals surface area contributed by atoms with E-state index in [1.807, 2.05) is 0 Å². The molecule has 0 radical (unpaired) electrons. The fourth-order valence-electron chi connectivity index (χ4n) is 3.72. The van der Waals surface area contributed by atoms with E-state index >= 15 is 0 Å². The molecule has 98 valence electrons. The topological polar surface area (TPSA) is 12.0 Å². The van der Waals surface area contributed by atoms with E-state index < -0.39 is 0 Å². The predicted molar refractivity (Wildman–Crippen MR) is 76.8 cm³/mol. The number of nitrogens with one attached hydrogen (secondary N) is 1. The van der Waals surface area contributed by atoms with Crippen LogP contribution in [0.5, 0.6) is 0 Å². The average Bonchev–Trinajstić information content (AvgIpc) is 2.93. The van der Waals surface area contributed by atoms with Gasteiger partial charge < -0.3 is 5.32 Å². The summed E-state index contributed by atoms with van der Waals surface area (Å²) in [6, 6.07) is 9.81. The third kappa shape index (κ3) is 2.47. The molecule has 1 atom stereocenters. The van der Waals surface area contributed by atoms with E-state index in [-0.39, 0.29) is 0 Å². The third-order valence-electron chi connectivity index (χ3n) is 4.89. The quantitative estimate of drug-likeness (QED) is 0.811. The number of hydrogen-bond acceptors (Lipinski definition) is 1. The molecule has 1 saturated carbocycles. The number of hydrogen-bond donors (Lipinski definition) is 1. The predicted octanol–water partition coefficient (Wildman–Crippen LogP) is 4.40.